The third-order valence-corrected chi connectivity index (χ3v) is 2.44. The van der Waals surface area contributed by atoms with Crippen molar-refractivity contribution in [3.05, 3.63) is 46.3 Å². The Hall–Kier alpha value is -1.46. The third-order valence-electron chi connectivity index (χ3n) is 2.08. The molecule has 1 heterocycles. The molecule has 0 saturated heterocycles. The normalized spacial score (nSPS) is 10.7. The smallest absolute Gasteiger partial charge is 0.231 e. The summed E-state index contributed by atoms with van der Waals surface area (Å²) in [6.45, 7) is 0.189. The SMILES string of the molecule is NCc1noc(Cc2c(F)cccc2Cl)n1. The second-order valence-electron chi connectivity index (χ2n) is 3.19. The minimum atomic E-state index is -0.389. The second-order valence-corrected chi connectivity index (χ2v) is 3.59. The Morgan fingerprint density at radius 2 is 2.25 bits per heavy atom. The van der Waals surface area contributed by atoms with Gasteiger partial charge in [-0.15, -0.1) is 0 Å². The van der Waals surface area contributed by atoms with Crippen molar-refractivity contribution in [1.82, 2.24) is 10.1 Å². The maximum Gasteiger partial charge on any atom is 0.231 e. The van der Waals surface area contributed by atoms with E-state index in [-0.39, 0.29) is 18.8 Å². The van der Waals surface area contributed by atoms with Gasteiger partial charge in [-0.25, -0.2) is 4.39 Å². The van der Waals surface area contributed by atoms with E-state index in [4.69, 9.17) is 21.9 Å². The van der Waals surface area contributed by atoms with Crippen LogP contribution in [0.1, 0.15) is 17.3 Å². The Bertz CT molecular complexity index is 480. The first-order valence-corrected chi connectivity index (χ1v) is 5.03. The molecule has 0 fully saturated rings. The van der Waals surface area contributed by atoms with E-state index in [1.165, 1.54) is 6.07 Å². The topological polar surface area (TPSA) is 64.9 Å². The molecular formula is C10H9ClFN3O. The molecule has 0 bridgehead atoms. The van der Waals surface area contributed by atoms with E-state index in [2.05, 4.69) is 10.1 Å². The third kappa shape index (κ3) is 2.20. The van der Waals surface area contributed by atoms with E-state index in [0.29, 0.717) is 22.3 Å². The summed E-state index contributed by atoms with van der Waals surface area (Å²) in [7, 11) is 0. The molecule has 0 aliphatic rings. The lowest BCUT2D eigenvalue weighted by Crippen LogP contribution is -1.99. The number of aromatic nitrogens is 2. The van der Waals surface area contributed by atoms with Crippen LogP contribution in [0.3, 0.4) is 0 Å². The van der Waals surface area contributed by atoms with Crippen LogP contribution in [0.15, 0.2) is 22.7 Å². The van der Waals surface area contributed by atoms with Gasteiger partial charge in [0.15, 0.2) is 5.82 Å². The van der Waals surface area contributed by atoms with Crippen LogP contribution in [0.25, 0.3) is 0 Å². The number of nitrogens with two attached hydrogens (primary N) is 1. The van der Waals surface area contributed by atoms with Crippen LogP contribution in [0.5, 0.6) is 0 Å². The molecule has 0 saturated carbocycles. The van der Waals surface area contributed by atoms with Gasteiger partial charge in [-0.2, -0.15) is 4.98 Å². The first-order valence-electron chi connectivity index (χ1n) is 4.65. The highest BCUT2D eigenvalue weighted by Crippen LogP contribution is 2.21. The van der Waals surface area contributed by atoms with Crippen molar-refractivity contribution >= 4 is 11.6 Å². The second kappa shape index (κ2) is 4.59. The van der Waals surface area contributed by atoms with E-state index in [1.807, 2.05) is 0 Å². The van der Waals surface area contributed by atoms with E-state index in [9.17, 15) is 4.39 Å². The maximum absolute atomic E-state index is 13.4. The number of benzene rings is 1. The molecule has 84 valence electrons. The van der Waals surface area contributed by atoms with Gasteiger partial charge in [0.1, 0.15) is 5.82 Å². The molecule has 0 aliphatic carbocycles. The van der Waals surface area contributed by atoms with Crippen LogP contribution in [-0.4, -0.2) is 10.1 Å². The fraction of sp³-hybridized carbons (Fsp3) is 0.200. The Labute approximate surface area is 96.2 Å². The van der Waals surface area contributed by atoms with Gasteiger partial charge in [-0.3, -0.25) is 0 Å². The minimum absolute atomic E-state index is 0.165. The molecular weight excluding hydrogens is 233 g/mol. The lowest BCUT2D eigenvalue weighted by Gasteiger charge is -2.01. The molecule has 6 heteroatoms. The molecule has 0 unspecified atom stereocenters. The summed E-state index contributed by atoms with van der Waals surface area (Å²) in [5.74, 6) is 0.301. The van der Waals surface area contributed by atoms with Gasteiger partial charge in [0.2, 0.25) is 5.89 Å². The van der Waals surface area contributed by atoms with Crippen LogP contribution < -0.4 is 5.73 Å². The van der Waals surface area contributed by atoms with Gasteiger partial charge in [0, 0.05) is 10.6 Å². The molecule has 2 aromatic rings. The van der Waals surface area contributed by atoms with Gasteiger partial charge in [-0.05, 0) is 12.1 Å². The summed E-state index contributed by atoms with van der Waals surface area (Å²) in [6, 6.07) is 4.49. The molecule has 4 nitrogen and oxygen atoms in total. The largest absolute Gasteiger partial charge is 0.339 e. The lowest BCUT2D eigenvalue weighted by molar-refractivity contribution is 0.378. The standard InChI is InChI=1S/C10H9ClFN3O/c11-7-2-1-3-8(12)6(7)4-10-14-9(5-13)15-16-10/h1-3H,4-5,13H2. The fourth-order valence-corrected chi connectivity index (χ4v) is 1.53. The Kier molecular flexibility index (Phi) is 3.17. The number of rotatable bonds is 3. The predicted octanol–water partition coefficient (Wildman–Crippen LogP) is 1.91. The Morgan fingerprint density at radius 3 is 2.88 bits per heavy atom. The summed E-state index contributed by atoms with van der Waals surface area (Å²) in [6.07, 6.45) is 0.165. The summed E-state index contributed by atoms with van der Waals surface area (Å²) < 4.78 is 18.3. The van der Waals surface area contributed by atoms with Crippen molar-refractivity contribution in [2.24, 2.45) is 5.73 Å². The quantitative estimate of drug-likeness (QED) is 0.892. The van der Waals surface area contributed by atoms with Crippen LogP contribution in [-0.2, 0) is 13.0 Å². The van der Waals surface area contributed by atoms with Crippen molar-refractivity contribution in [3.8, 4) is 0 Å². The number of hydrogen-bond donors (Lipinski definition) is 1. The molecule has 1 aromatic heterocycles. The molecule has 0 amide bonds. The van der Waals surface area contributed by atoms with Gasteiger partial charge in [0.25, 0.3) is 0 Å². The highest BCUT2D eigenvalue weighted by molar-refractivity contribution is 6.31. The average Bonchev–Trinajstić information content (AvgIpc) is 2.71. The van der Waals surface area contributed by atoms with Crippen molar-refractivity contribution in [2.45, 2.75) is 13.0 Å². The molecule has 2 rings (SSSR count). The first-order chi connectivity index (χ1) is 7.70. The molecule has 16 heavy (non-hydrogen) atoms. The van der Waals surface area contributed by atoms with Crippen LogP contribution in [0, 0.1) is 5.82 Å². The van der Waals surface area contributed by atoms with Crippen molar-refractivity contribution in [2.75, 3.05) is 0 Å². The monoisotopic (exact) mass is 241 g/mol. The fourth-order valence-electron chi connectivity index (χ4n) is 1.30. The average molecular weight is 242 g/mol. The number of hydrogen-bond acceptors (Lipinski definition) is 4. The predicted molar refractivity (Wildman–Crippen MR) is 56.4 cm³/mol. The summed E-state index contributed by atoms with van der Waals surface area (Å²) in [5.41, 5.74) is 5.68. The lowest BCUT2D eigenvalue weighted by atomic mass is 10.1. The maximum atomic E-state index is 13.4. The van der Waals surface area contributed by atoms with E-state index >= 15 is 0 Å². The summed E-state index contributed by atoms with van der Waals surface area (Å²) in [5, 5.41) is 3.95. The molecule has 0 spiro atoms. The number of halogens is 2. The highest BCUT2D eigenvalue weighted by atomic mass is 35.5. The molecule has 0 atom stereocenters. The molecule has 1 aromatic carbocycles. The van der Waals surface area contributed by atoms with Gasteiger partial charge in [0.05, 0.1) is 13.0 Å². The minimum Gasteiger partial charge on any atom is -0.339 e. The van der Waals surface area contributed by atoms with Crippen molar-refractivity contribution in [3.63, 3.8) is 0 Å². The van der Waals surface area contributed by atoms with Gasteiger partial charge < -0.3 is 10.3 Å². The Balaban J connectivity index is 2.26. The highest BCUT2D eigenvalue weighted by Gasteiger charge is 2.12. The van der Waals surface area contributed by atoms with Crippen LogP contribution in [0.2, 0.25) is 5.02 Å². The van der Waals surface area contributed by atoms with E-state index in [1.54, 1.807) is 12.1 Å². The van der Waals surface area contributed by atoms with E-state index in [0.717, 1.165) is 0 Å². The van der Waals surface area contributed by atoms with Crippen molar-refractivity contribution < 1.29 is 8.91 Å². The molecule has 0 radical (unpaired) electrons. The van der Waals surface area contributed by atoms with Crippen LogP contribution >= 0.6 is 11.6 Å². The Morgan fingerprint density at radius 1 is 1.44 bits per heavy atom. The van der Waals surface area contributed by atoms with Crippen LogP contribution in [0.4, 0.5) is 4.39 Å². The van der Waals surface area contributed by atoms with E-state index < -0.39 is 0 Å². The first kappa shape index (κ1) is 11.0. The molecule has 2 N–H and O–H groups in total. The zero-order chi connectivity index (χ0) is 11.5. The van der Waals surface area contributed by atoms with Crippen molar-refractivity contribution in [1.29, 1.82) is 0 Å². The summed E-state index contributed by atoms with van der Waals surface area (Å²) in [4.78, 5) is 3.98. The molecule has 0 aliphatic heterocycles. The van der Waals surface area contributed by atoms with Gasteiger partial charge >= 0.3 is 0 Å². The summed E-state index contributed by atoms with van der Waals surface area (Å²) >= 11 is 5.87. The zero-order valence-corrected chi connectivity index (χ0v) is 9.04. The zero-order valence-electron chi connectivity index (χ0n) is 8.28. The number of nitrogens with zero attached hydrogens (tertiary/aromatic N) is 2. The van der Waals surface area contributed by atoms with Gasteiger partial charge in [-0.1, -0.05) is 22.8 Å².